The molecular weight excluding hydrogens is 474 g/mol. The van der Waals surface area contributed by atoms with Gasteiger partial charge in [0.25, 0.3) is 0 Å². The molecule has 2 aromatic heterocycles. The highest BCUT2D eigenvalue weighted by Crippen LogP contribution is 2.41. The van der Waals surface area contributed by atoms with E-state index in [0.717, 1.165) is 39.6 Å². The van der Waals surface area contributed by atoms with Gasteiger partial charge in [0.05, 0.1) is 11.4 Å². The smallest absolute Gasteiger partial charge is 0.0702 e. The van der Waals surface area contributed by atoms with Crippen LogP contribution in [0, 0.1) is 0 Å². The molecule has 0 atom stereocenters. The number of pyridine rings is 2. The molecule has 3 aromatic carbocycles. The summed E-state index contributed by atoms with van der Waals surface area (Å²) in [6.07, 6.45) is 3.69. The molecule has 196 valence electrons. The fourth-order valence-corrected chi connectivity index (χ4v) is 4.73. The van der Waals surface area contributed by atoms with E-state index in [1.807, 2.05) is 36.7 Å². The fourth-order valence-electron chi connectivity index (χ4n) is 4.73. The molecule has 5 rings (SSSR count). The zero-order chi connectivity index (χ0) is 27.6. The van der Waals surface area contributed by atoms with Crippen LogP contribution in [0.3, 0.4) is 0 Å². The number of benzene rings is 3. The summed E-state index contributed by atoms with van der Waals surface area (Å²) in [5.74, 6) is 0. The second-order valence-corrected chi connectivity index (χ2v) is 12.1. The molecule has 0 radical (unpaired) electrons. The maximum Gasteiger partial charge on any atom is 0.0702 e. The lowest BCUT2D eigenvalue weighted by atomic mass is 9.80. The second kappa shape index (κ2) is 10.5. The van der Waals surface area contributed by atoms with Crippen molar-refractivity contribution in [3.63, 3.8) is 0 Å². The van der Waals surface area contributed by atoms with Gasteiger partial charge in [-0.25, -0.2) is 0 Å². The number of nitrogens with zero attached hydrogens (tertiary/aromatic N) is 3. The SMILES string of the molecule is CC(C)(C)c1cc(N(c2cccc(-c3ccccn3)c2)c2cccc(-c3ccccn3)c2)cc(C(C)(C)C)c1. The van der Waals surface area contributed by atoms with E-state index in [-0.39, 0.29) is 10.8 Å². The van der Waals surface area contributed by atoms with Crippen LogP contribution in [0.1, 0.15) is 52.7 Å². The van der Waals surface area contributed by atoms with E-state index < -0.39 is 0 Å². The van der Waals surface area contributed by atoms with Gasteiger partial charge in [-0.3, -0.25) is 9.97 Å². The minimum absolute atomic E-state index is 0.00724. The standard InChI is InChI=1S/C36H37N3/c1-35(2,3)28-23-29(36(4,5)6)25-32(24-28)39(30-15-11-13-26(21-30)33-17-7-9-19-37-33)31-16-12-14-27(22-31)34-18-8-10-20-38-34/h7-25H,1-6H3. The molecule has 0 unspecified atom stereocenters. The van der Waals surface area contributed by atoms with Crippen molar-refractivity contribution in [2.45, 2.75) is 52.4 Å². The van der Waals surface area contributed by atoms with Gasteiger partial charge in [-0.1, -0.05) is 84.0 Å². The van der Waals surface area contributed by atoms with Crippen molar-refractivity contribution < 1.29 is 0 Å². The predicted molar refractivity (Wildman–Crippen MR) is 165 cm³/mol. The van der Waals surface area contributed by atoms with E-state index in [1.54, 1.807) is 0 Å². The maximum absolute atomic E-state index is 4.61. The molecule has 0 amide bonds. The third-order valence-corrected chi connectivity index (χ3v) is 7.04. The molecule has 3 heteroatoms. The Balaban J connectivity index is 1.75. The number of hydrogen-bond acceptors (Lipinski definition) is 3. The third kappa shape index (κ3) is 5.93. The van der Waals surface area contributed by atoms with Crippen LogP contribution in [-0.4, -0.2) is 9.97 Å². The van der Waals surface area contributed by atoms with Gasteiger partial charge < -0.3 is 4.90 Å². The number of rotatable bonds is 5. The van der Waals surface area contributed by atoms with Crippen LogP contribution in [0.2, 0.25) is 0 Å². The van der Waals surface area contributed by atoms with Crippen molar-refractivity contribution in [2.24, 2.45) is 0 Å². The van der Waals surface area contributed by atoms with E-state index in [2.05, 4.69) is 135 Å². The van der Waals surface area contributed by atoms with Crippen LogP contribution < -0.4 is 4.90 Å². The van der Waals surface area contributed by atoms with Gasteiger partial charge in [-0.05, 0) is 82.6 Å². The van der Waals surface area contributed by atoms with Gasteiger partial charge in [0.2, 0.25) is 0 Å². The zero-order valence-electron chi connectivity index (χ0n) is 23.8. The van der Waals surface area contributed by atoms with Crippen LogP contribution >= 0.6 is 0 Å². The molecule has 0 fully saturated rings. The summed E-state index contributed by atoms with van der Waals surface area (Å²) in [5, 5.41) is 0. The Morgan fingerprint density at radius 2 is 0.923 bits per heavy atom. The lowest BCUT2D eigenvalue weighted by molar-refractivity contribution is 0.569. The Bertz CT molecular complexity index is 1440. The van der Waals surface area contributed by atoms with Crippen molar-refractivity contribution in [1.82, 2.24) is 9.97 Å². The third-order valence-electron chi connectivity index (χ3n) is 7.04. The average Bonchev–Trinajstić information content (AvgIpc) is 2.93. The minimum atomic E-state index is 0.00724. The summed E-state index contributed by atoms with van der Waals surface area (Å²) in [6.45, 7) is 13.7. The first-order chi connectivity index (χ1) is 18.6. The van der Waals surface area contributed by atoms with Crippen LogP contribution in [0.5, 0.6) is 0 Å². The van der Waals surface area contributed by atoms with Crippen molar-refractivity contribution in [3.05, 3.63) is 127 Å². The highest BCUT2D eigenvalue weighted by Gasteiger charge is 2.24. The van der Waals surface area contributed by atoms with Gasteiger partial charge in [-0.15, -0.1) is 0 Å². The summed E-state index contributed by atoms with van der Waals surface area (Å²) in [4.78, 5) is 11.6. The molecule has 0 saturated heterocycles. The molecule has 0 aliphatic carbocycles. The number of aromatic nitrogens is 2. The Labute approximate surface area is 233 Å². The van der Waals surface area contributed by atoms with Crippen LogP contribution in [0.4, 0.5) is 17.1 Å². The first kappa shape index (κ1) is 26.4. The molecule has 0 aliphatic heterocycles. The van der Waals surface area contributed by atoms with Gasteiger partial charge in [0, 0.05) is 40.6 Å². The topological polar surface area (TPSA) is 29.0 Å². The zero-order valence-corrected chi connectivity index (χ0v) is 23.8. The van der Waals surface area contributed by atoms with Crippen LogP contribution in [-0.2, 0) is 10.8 Å². The first-order valence-electron chi connectivity index (χ1n) is 13.6. The summed E-state index contributed by atoms with van der Waals surface area (Å²) < 4.78 is 0. The van der Waals surface area contributed by atoms with Crippen LogP contribution in [0.25, 0.3) is 22.5 Å². The van der Waals surface area contributed by atoms with Crippen molar-refractivity contribution in [2.75, 3.05) is 4.90 Å². The molecule has 5 aromatic rings. The van der Waals surface area contributed by atoms with E-state index in [9.17, 15) is 0 Å². The number of anilines is 3. The van der Waals surface area contributed by atoms with E-state index in [1.165, 1.54) is 11.1 Å². The Morgan fingerprint density at radius 1 is 0.462 bits per heavy atom. The summed E-state index contributed by atoms with van der Waals surface area (Å²) in [6, 6.07) is 36.5. The fraction of sp³-hybridized carbons (Fsp3) is 0.222. The number of hydrogen-bond donors (Lipinski definition) is 0. The lowest BCUT2D eigenvalue weighted by Gasteiger charge is -2.31. The Kier molecular flexibility index (Phi) is 7.10. The molecule has 0 N–H and O–H groups in total. The molecule has 0 spiro atoms. The average molecular weight is 512 g/mol. The van der Waals surface area contributed by atoms with Gasteiger partial charge in [0.1, 0.15) is 0 Å². The van der Waals surface area contributed by atoms with Gasteiger partial charge >= 0.3 is 0 Å². The summed E-state index contributed by atoms with van der Waals surface area (Å²) in [5.41, 5.74) is 10.0. The highest BCUT2D eigenvalue weighted by molar-refractivity contribution is 5.82. The largest absolute Gasteiger partial charge is 0.310 e. The van der Waals surface area contributed by atoms with Gasteiger partial charge in [0.15, 0.2) is 0 Å². The normalized spacial score (nSPS) is 11.8. The summed E-state index contributed by atoms with van der Waals surface area (Å²) >= 11 is 0. The van der Waals surface area contributed by atoms with E-state index in [0.29, 0.717) is 0 Å². The van der Waals surface area contributed by atoms with E-state index in [4.69, 9.17) is 0 Å². The Hall–Kier alpha value is -4.24. The predicted octanol–water partition coefficient (Wildman–Crippen LogP) is 9.88. The molecule has 39 heavy (non-hydrogen) atoms. The Morgan fingerprint density at radius 3 is 1.31 bits per heavy atom. The molecular formula is C36H37N3. The minimum Gasteiger partial charge on any atom is -0.310 e. The van der Waals surface area contributed by atoms with Crippen molar-refractivity contribution >= 4 is 17.1 Å². The first-order valence-corrected chi connectivity index (χ1v) is 13.6. The molecule has 0 bridgehead atoms. The highest BCUT2D eigenvalue weighted by atomic mass is 15.1. The summed E-state index contributed by atoms with van der Waals surface area (Å²) in [7, 11) is 0. The lowest BCUT2D eigenvalue weighted by Crippen LogP contribution is -2.19. The molecule has 0 aliphatic rings. The maximum atomic E-state index is 4.61. The monoisotopic (exact) mass is 511 g/mol. The molecule has 3 nitrogen and oxygen atoms in total. The molecule has 0 saturated carbocycles. The second-order valence-electron chi connectivity index (χ2n) is 12.1. The van der Waals surface area contributed by atoms with Crippen LogP contribution in [0.15, 0.2) is 116 Å². The quantitative estimate of drug-likeness (QED) is 0.235. The van der Waals surface area contributed by atoms with Crippen molar-refractivity contribution in [3.8, 4) is 22.5 Å². The van der Waals surface area contributed by atoms with E-state index >= 15 is 0 Å². The van der Waals surface area contributed by atoms with Crippen molar-refractivity contribution in [1.29, 1.82) is 0 Å². The van der Waals surface area contributed by atoms with Gasteiger partial charge in [-0.2, -0.15) is 0 Å². The molecule has 2 heterocycles.